The van der Waals surface area contributed by atoms with Crippen LogP contribution < -0.4 is 0 Å². The number of thiocarbonyl (C=S) groups is 1. The molecule has 0 aliphatic carbocycles. The number of halogens is 3. The zero-order valence-electron chi connectivity index (χ0n) is 7.66. The quantitative estimate of drug-likeness (QED) is 0.455. The van der Waals surface area contributed by atoms with Crippen LogP contribution in [-0.2, 0) is 12.7 Å². The van der Waals surface area contributed by atoms with Gasteiger partial charge < -0.3 is 0 Å². The summed E-state index contributed by atoms with van der Waals surface area (Å²) in [4.78, 5) is 3.64. The van der Waals surface area contributed by atoms with Gasteiger partial charge in [0.1, 0.15) is 0 Å². The minimum absolute atomic E-state index is 0.386. The Morgan fingerprint density at radius 3 is 2.80 bits per heavy atom. The van der Waals surface area contributed by atoms with Crippen LogP contribution in [0.4, 0.5) is 13.2 Å². The summed E-state index contributed by atoms with van der Waals surface area (Å²) in [6.45, 7) is 0.835. The van der Waals surface area contributed by atoms with Gasteiger partial charge >= 0.3 is 6.18 Å². The number of isothiocyanates is 1. The molecule has 0 atom stereocenters. The molecule has 0 N–H and O–H groups in total. The Balaban J connectivity index is 2.50. The van der Waals surface area contributed by atoms with Crippen LogP contribution in [0.1, 0.15) is 12.1 Å². The Morgan fingerprint density at radius 1 is 1.53 bits per heavy atom. The number of rotatable bonds is 4. The van der Waals surface area contributed by atoms with Gasteiger partial charge in [0, 0.05) is 12.7 Å². The molecule has 0 fully saturated rings. The summed E-state index contributed by atoms with van der Waals surface area (Å²) >= 11 is 4.35. The molecular weight excluding hydrogens is 227 g/mol. The van der Waals surface area contributed by atoms with Gasteiger partial charge in [-0.2, -0.15) is 18.3 Å². The Bertz CT molecular complexity index is 365. The van der Waals surface area contributed by atoms with Crippen LogP contribution in [0.5, 0.6) is 0 Å². The third-order valence-electron chi connectivity index (χ3n) is 1.65. The summed E-state index contributed by atoms with van der Waals surface area (Å²) in [5.74, 6) is 0. The molecule has 1 rings (SSSR count). The van der Waals surface area contributed by atoms with Gasteiger partial charge in [-0.05, 0) is 24.7 Å². The molecule has 1 aromatic heterocycles. The summed E-state index contributed by atoms with van der Waals surface area (Å²) in [6, 6.07) is 0.947. The van der Waals surface area contributed by atoms with E-state index in [0.29, 0.717) is 19.5 Å². The Hall–Kier alpha value is -1.20. The fourth-order valence-corrected chi connectivity index (χ4v) is 1.09. The molecule has 0 bridgehead atoms. The zero-order valence-corrected chi connectivity index (χ0v) is 8.48. The highest BCUT2D eigenvalue weighted by atomic mass is 32.1. The van der Waals surface area contributed by atoms with E-state index < -0.39 is 11.9 Å². The lowest BCUT2D eigenvalue weighted by Gasteiger charge is -2.01. The zero-order chi connectivity index (χ0) is 11.3. The van der Waals surface area contributed by atoms with Gasteiger partial charge in [0.25, 0.3) is 0 Å². The van der Waals surface area contributed by atoms with Crippen molar-refractivity contribution >= 4 is 17.4 Å². The first-order valence-corrected chi connectivity index (χ1v) is 4.59. The molecule has 0 unspecified atom stereocenters. The van der Waals surface area contributed by atoms with Crippen LogP contribution in [0.3, 0.4) is 0 Å². The highest BCUT2D eigenvalue weighted by Gasteiger charge is 2.33. The summed E-state index contributed by atoms with van der Waals surface area (Å²) in [6.07, 6.45) is -2.50. The number of aromatic nitrogens is 2. The molecule has 82 valence electrons. The second kappa shape index (κ2) is 5.04. The fraction of sp³-hybridized carbons (Fsp3) is 0.500. The molecule has 0 aliphatic rings. The van der Waals surface area contributed by atoms with Crippen LogP contribution in [-0.4, -0.2) is 21.5 Å². The van der Waals surface area contributed by atoms with Crippen molar-refractivity contribution in [1.29, 1.82) is 0 Å². The van der Waals surface area contributed by atoms with Crippen molar-refractivity contribution in [3.05, 3.63) is 18.0 Å². The first kappa shape index (κ1) is 11.9. The van der Waals surface area contributed by atoms with E-state index in [1.165, 1.54) is 10.9 Å². The Kier molecular flexibility index (Phi) is 3.99. The second-order valence-electron chi connectivity index (χ2n) is 2.79. The molecule has 0 saturated carbocycles. The molecule has 0 spiro atoms. The average molecular weight is 235 g/mol. The lowest BCUT2D eigenvalue weighted by Crippen LogP contribution is -2.08. The Labute approximate surface area is 89.6 Å². The van der Waals surface area contributed by atoms with Crippen molar-refractivity contribution in [3.8, 4) is 0 Å². The number of aliphatic imine (C=N–C) groups is 1. The standard InChI is InChI=1S/C8H8F3N3S/c9-8(10,11)7-2-5-14(13-7)4-1-3-12-6-15/h2,5H,1,3-4H2. The smallest absolute Gasteiger partial charge is 0.272 e. The van der Waals surface area contributed by atoms with E-state index in [4.69, 9.17) is 0 Å². The molecule has 1 aromatic rings. The van der Waals surface area contributed by atoms with Gasteiger partial charge in [0.15, 0.2) is 5.69 Å². The third kappa shape index (κ3) is 3.81. The van der Waals surface area contributed by atoms with Crippen molar-refractivity contribution in [2.75, 3.05) is 6.54 Å². The number of aryl methyl sites for hydroxylation is 1. The van der Waals surface area contributed by atoms with E-state index in [2.05, 4.69) is 27.5 Å². The highest BCUT2D eigenvalue weighted by molar-refractivity contribution is 7.78. The van der Waals surface area contributed by atoms with Gasteiger partial charge in [0.05, 0.1) is 11.7 Å². The molecule has 1 heterocycles. The normalized spacial score (nSPS) is 11.1. The minimum Gasteiger partial charge on any atom is -0.272 e. The van der Waals surface area contributed by atoms with E-state index in [9.17, 15) is 13.2 Å². The lowest BCUT2D eigenvalue weighted by atomic mass is 10.4. The monoisotopic (exact) mass is 235 g/mol. The summed E-state index contributed by atoms with van der Waals surface area (Å²) < 4.78 is 37.6. The minimum atomic E-state index is -4.38. The van der Waals surface area contributed by atoms with Crippen molar-refractivity contribution < 1.29 is 13.2 Å². The molecule has 3 nitrogen and oxygen atoms in total. The summed E-state index contributed by atoms with van der Waals surface area (Å²) in [5, 5.41) is 5.56. The van der Waals surface area contributed by atoms with Crippen molar-refractivity contribution in [2.24, 2.45) is 4.99 Å². The van der Waals surface area contributed by atoms with Gasteiger partial charge in [-0.1, -0.05) is 0 Å². The topological polar surface area (TPSA) is 30.2 Å². The molecule has 0 saturated heterocycles. The highest BCUT2D eigenvalue weighted by Crippen LogP contribution is 2.27. The van der Waals surface area contributed by atoms with Gasteiger partial charge in [-0.15, -0.1) is 0 Å². The van der Waals surface area contributed by atoms with Gasteiger partial charge in [0.2, 0.25) is 0 Å². The molecule has 0 aliphatic heterocycles. The predicted octanol–water partition coefficient (Wildman–Crippen LogP) is 2.39. The molecular formula is C8H8F3N3S. The molecule has 0 radical (unpaired) electrons. The van der Waals surface area contributed by atoms with Crippen LogP contribution in [0.15, 0.2) is 17.3 Å². The maximum absolute atomic E-state index is 12.1. The first-order chi connectivity index (χ1) is 7.04. The molecule has 7 heteroatoms. The van der Waals surface area contributed by atoms with E-state index in [1.807, 2.05) is 0 Å². The maximum Gasteiger partial charge on any atom is 0.435 e. The second-order valence-corrected chi connectivity index (χ2v) is 2.97. The van der Waals surface area contributed by atoms with Crippen LogP contribution in [0.2, 0.25) is 0 Å². The SMILES string of the molecule is FC(F)(F)c1ccn(CCCN=C=S)n1. The molecule has 15 heavy (non-hydrogen) atoms. The number of alkyl halides is 3. The molecule has 0 amide bonds. The van der Waals surface area contributed by atoms with E-state index in [1.54, 1.807) is 0 Å². The fourth-order valence-electron chi connectivity index (χ4n) is 0.995. The predicted molar refractivity (Wildman–Crippen MR) is 51.7 cm³/mol. The van der Waals surface area contributed by atoms with Crippen LogP contribution in [0.25, 0.3) is 0 Å². The first-order valence-electron chi connectivity index (χ1n) is 4.18. The summed E-state index contributed by atoms with van der Waals surface area (Å²) in [7, 11) is 0. The van der Waals surface area contributed by atoms with E-state index in [-0.39, 0.29) is 0 Å². The lowest BCUT2D eigenvalue weighted by molar-refractivity contribution is -0.141. The van der Waals surface area contributed by atoms with E-state index in [0.717, 1.165) is 6.07 Å². The average Bonchev–Trinajstić information content (AvgIpc) is 2.60. The van der Waals surface area contributed by atoms with Crippen molar-refractivity contribution in [1.82, 2.24) is 9.78 Å². The maximum atomic E-state index is 12.1. The van der Waals surface area contributed by atoms with Gasteiger partial charge in [-0.3, -0.25) is 4.68 Å². The number of nitrogens with zero attached hydrogens (tertiary/aromatic N) is 3. The third-order valence-corrected chi connectivity index (χ3v) is 1.78. The van der Waals surface area contributed by atoms with Gasteiger partial charge in [-0.25, -0.2) is 4.99 Å². The number of hydrogen-bond acceptors (Lipinski definition) is 3. The molecule has 0 aromatic carbocycles. The van der Waals surface area contributed by atoms with Crippen molar-refractivity contribution in [3.63, 3.8) is 0 Å². The summed E-state index contributed by atoms with van der Waals surface area (Å²) in [5.41, 5.74) is -0.874. The van der Waals surface area contributed by atoms with Crippen molar-refractivity contribution in [2.45, 2.75) is 19.1 Å². The Morgan fingerprint density at radius 2 is 2.27 bits per heavy atom. The van der Waals surface area contributed by atoms with Crippen LogP contribution in [0, 0.1) is 0 Å². The van der Waals surface area contributed by atoms with E-state index >= 15 is 0 Å². The van der Waals surface area contributed by atoms with Crippen LogP contribution >= 0.6 is 12.2 Å². The largest absolute Gasteiger partial charge is 0.435 e. The number of hydrogen-bond donors (Lipinski definition) is 0.